The van der Waals surface area contributed by atoms with Gasteiger partial charge in [0.05, 0.1) is 18.5 Å². The van der Waals surface area contributed by atoms with Crippen LogP contribution >= 0.6 is 15.9 Å². The monoisotopic (exact) mass is 354 g/mol. The zero-order chi connectivity index (χ0) is 16.0. The summed E-state index contributed by atoms with van der Waals surface area (Å²) < 4.78 is 0.615. The SMILES string of the molecule is CC(=O)CC(=O)Nc1ccc(Br)c(NC(=O)CC(C)=O)c1. The number of halogens is 1. The second-order valence-electron chi connectivity index (χ2n) is 4.55. The van der Waals surface area contributed by atoms with Gasteiger partial charge in [-0.15, -0.1) is 0 Å². The van der Waals surface area contributed by atoms with Crippen LogP contribution < -0.4 is 10.6 Å². The van der Waals surface area contributed by atoms with Crippen molar-refractivity contribution in [3.05, 3.63) is 22.7 Å². The third-order valence-corrected chi connectivity index (χ3v) is 3.03. The molecule has 1 rings (SSSR count). The van der Waals surface area contributed by atoms with Gasteiger partial charge >= 0.3 is 0 Å². The van der Waals surface area contributed by atoms with E-state index in [4.69, 9.17) is 0 Å². The number of hydrogen-bond donors (Lipinski definition) is 2. The summed E-state index contributed by atoms with van der Waals surface area (Å²) in [6.45, 7) is 2.65. The van der Waals surface area contributed by atoms with Crippen LogP contribution in [0.2, 0.25) is 0 Å². The van der Waals surface area contributed by atoms with Crippen LogP contribution in [-0.4, -0.2) is 23.4 Å². The van der Waals surface area contributed by atoms with E-state index in [-0.39, 0.29) is 24.4 Å². The summed E-state index contributed by atoms with van der Waals surface area (Å²) in [7, 11) is 0. The molecule has 0 fully saturated rings. The second kappa shape index (κ2) is 7.68. The van der Waals surface area contributed by atoms with Crippen LogP contribution in [0.25, 0.3) is 0 Å². The first-order valence-electron chi connectivity index (χ1n) is 6.16. The Morgan fingerprint density at radius 3 is 2.00 bits per heavy atom. The van der Waals surface area contributed by atoms with Crippen molar-refractivity contribution in [2.45, 2.75) is 26.7 Å². The third kappa shape index (κ3) is 6.31. The van der Waals surface area contributed by atoms with Gasteiger partial charge in [0.25, 0.3) is 0 Å². The molecule has 2 amide bonds. The number of ketones is 2. The highest BCUT2D eigenvalue weighted by Crippen LogP contribution is 2.26. The predicted molar refractivity (Wildman–Crippen MR) is 82.0 cm³/mol. The van der Waals surface area contributed by atoms with Crippen molar-refractivity contribution in [3.63, 3.8) is 0 Å². The quantitative estimate of drug-likeness (QED) is 0.766. The Balaban J connectivity index is 2.80. The Bertz CT molecular complexity index is 599. The van der Waals surface area contributed by atoms with Gasteiger partial charge in [-0.3, -0.25) is 19.2 Å². The van der Waals surface area contributed by atoms with Gasteiger partial charge in [-0.05, 0) is 48.0 Å². The van der Waals surface area contributed by atoms with Crippen molar-refractivity contribution in [2.75, 3.05) is 10.6 Å². The van der Waals surface area contributed by atoms with Crippen LogP contribution in [0.4, 0.5) is 11.4 Å². The zero-order valence-corrected chi connectivity index (χ0v) is 13.2. The molecule has 0 saturated carbocycles. The molecule has 7 heteroatoms. The normalized spacial score (nSPS) is 9.86. The molecule has 1 aromatic rings. The maximum Gasteiger partial charge on any atom is 0.231 e. The average Bonchev–Trinajstić information content (AvgIpc) is 2.31. The maximum absolute atomic E-state index is 11.6. The minimum Gasteiger partial charge on any atom is -0.326 e. The maximum atomic E-state index is 11.6. The molecule has 0 unspecified atom stereocenters. The van der Waals surface area contributed by atoms with Crippen LogP contribution in [0.1, 0.15) is 26.7 Å². The highest BCUT2D eigenvalue weighted by atomic mass is 79.9. The topological polar surface area (TPSA) is 92.3 Å². The molecule has 0 aromatic heterocycles. The summed E-state index contributed by atoms with van der Waals surface area (Å²) in [6, 6.07) is 4.82. The van der Waals surface area contributed by atoms with E-state index >= 15 is 0 Å². The largest absolute Gasteiger partial charge is 0.326 e. The van der Waals surface area contributed by atoms with Crippen LogP contribution in [0.3, 0.4) is 0 Å². The fourth-order valence-corrected chi connectivity index (χ4v) is 1.90. The molecule has 0 bridgehead atoms. The molecule has 21 heavy (non-hydrogen) atoms. The highest BCUT2D eigenvalue weighted by molar-refractivity contribution is 9.10. The Hall–Kier alpha value is -2.02. The molecule has 6 nitrogen and oxygen atoms in total. The smallest absolute Gasteiger partial charge is 0.231 e. The van der Waals surface area contributed by atoms with E-state index in [1.54, 1.807) is 18.2 Å². The number of benzene rings is 1. The van der Waals surface area contributed by atoms with E-state index in [9.17, 15) is 19.2 Å². The first-order valence-corrected chi connectivity index (χ1v) is 6.95. The average molecular weight is 355 g/mol. The van der Waals surface area contributed by atoms with Crippen molar-refractivity contribution < 1.29 is 19.2 Å². The van der Waals surface area contributed by atoms with E-state index in [1.807, 2.05) is 0 Å². The molecule has 0 aliphatic heterocycles. The molecule has 2 N–H and O–H groups in total. The molecule has 0 radical (unpaired) electrons. The number of carbonyl (C=O) groups excluding carboxylic acids is 4. The lowest BCUT2D eigenvalue weighted by Gasteiger charge is -2.10. The summed E-state index contributed by atoms with van der Waals surface area (Å²) >= 11 is 3.27. The number of hydrogen-bond acceptors (Lipinski definition) is 4. The number of carbonyl (C=O) groups is 4. The summed E-state index contributed by atoms with van der Waals surface area (Å²) in [5.74, 6) is -1.34. The number of amides is 2. The Kier molecular flexibility index (Phi) is 6.23. The lowest BCUT2D eigenvalue weighted by molar-refractivity contribution is -0.125. The molecule has 1 aromatic carbocycles. The van der Waals surface area contributed by atoms with E-state index in [0.29, 0.717) is 15.8 Å². The molecular formula is C14H15BrN2O4. The van der Waals surface area contributed by atoms with E-state index in [0.717, 1.165) is 0 Å². The minimum absolute atomic E-state index is 0.206. The summed E-state index contributed by atoms with van der Waals surface area (Å²) in [5, 5.41) is 5.13. The summed E-state index contributed by atoms with van der Waals surface area (Å²) in [6.07, 6.45) is -0.421. The number of anilines is 2. The Morgan fingerprint density at radius 2 is 1.48 bits per heavy atom. The van der Waals surface area contributed by atoms with Crippen LogP contribution in [-0.2, 0) is 19.2 Å². The first-order chi connectivity index (χ1) is 9.77. The van der Waals surface area contributed by atoms with E-state index < -0.39 is 11.8 Å². The van der Waals surface area contributed by atoms with Crippen LogP contribution in [0.5, 0.6) is 0 Å². The molecule has 0 aliphatic carbocycles. The fraction of sp³-hybridized carbons (Fsp3) is 0.286. The Morgan fingerprint density at radius 1 is 0.952 bits per heavy atom. The van der Waals surface area contributed by atoms with Gasteiger partial charge in [-0.25, -0.2) is 0 Å². The summed E-state index contributed by atoms with van der Waals surface area (Å²) in [4.78, 5) is 44.8. The first kappa shape index (κ1) is 17.0. The van der Waals surface area contributed by atoms with Gasteiger partial charge < -0.3 is 10.6 Å². The number of nitrogens with one attached hydrogen (secondary N) is 2. The van der Waals surface area contributed by atoms with Crippen molar-refractivity contribution in [2.24, 2.45) is 0 Å². The Labute approximate surface area is 130 Å². The zero-order valence-electron chi connectivity index (χ0n) is 11.7. The van der Waals surface area contributed by atoms with Crippen molar-refractivity contribution in [1.29, 1.82) is 0 Å². The lowest BCUT2D eigenvalue weighted by Crippen LogP contribution is -2.17. The van der Waals surface area contributed by atoms with Crippen molar-refractivity contribution in [1.82, 2.24) is 0 Å². The van der Waals surface area contributed by atoms with Gasteiger partial charge in [0.2, 0.25) is 11.8 Å². The molecule has 0 saturated heterocycles. The number of Topliss-reactive ketones (excluding diaryl/α,β-unsaturated/α-hetero) is 2. The molecule has 0 aliphatic rings. The lowest BCUT2D eigenvalue weighted by atomic mass is 10.2. The molecule has 112 valence electrons. The van der Waals surface area contributed by atoms with E-state index in [2.05, 4.69) is 26.6 Å². The molecule has 0 atom stereocenters. The molecule has 0 spiro atoms. The standard InChI is InChI=1S/C14H15BrN2O4/c1-8(18)5-13(20)16-10-3-4-11(15)12(7-10)17-14(21)6-9(2)19/h3-4,7H,5-6H2,1-2H3,(H,16,20)(H,17,21). The van der Waals surface area contributed by atoms with Gasteiger partial charge in [0.15, 0.2) is 0 Å². The molecular weight excluding hydrogens is 340 g/mol. The van der Waals surface area contributed by atoms with Crippen molar-refractivity contribution in [3.8, 4) is 0 Å². The van der Waals surface area contributed by atoms with Gasteiger partial charge in [-0.2, -0.15) is 0 Å². The van der Waals surface area contributed by atoms with Gasteiger partial charge in [0, 0.05) is 10.2 Å². The second-order valence-corrected chi connectivity index (χ2v) is 5.40. The van der Waals surface area contributed by atoms with Crippen molar-refractivity contribution >= 4 is 50.7 Å². The highest BCUT2D eigenvalue weighted by Gasteiger charge is 2.10. The van der Waals surface area contributed by atoms with Crippen LogP contribution in [0, 0.1) is 0 Å². The predicted octanol–water partition coefficient (Wildman–Crippen LogP) is 2.28. The minimum atomic E-state index is -0.435. The van der Waals surface area contributed by atoms with Gasteiger partial charge in [0.1, 0.15) is 11.6 Å². The van der Waals surface area contributed by atoms with Gasteiger partial charge in [-0.1, -0.05) is 0 Å². The third-order valence-electron chi connectivity index (χ3n) is 2.34. The fourth-order valence-electron chi connectivity index (χ4n) is 1.55. The van der Waals surface area contributed by atoms with E-state index in [1.165, 1.54) is 13.8 Å². The number of rotatable bonds is 6. The van der Waals surface area contributed by atoms with Crippen LogP contribution in [0.15, 0.2) is 22.7 Å². The molecule has 0 heterocycles. The summed E-state index contributed by atoms with van der Waals surface area (Å²) in [5.41, 5.74) is 0.879.